The molecule has 2 heterocycles. The van der Waals surface area contributed by atoms with Gasteiger partial charge < -0.3 is 25.6 Å². The molecule has 0 spiro atoms. The highest BCUT2D eigenvalue weighted by Crippen LogP contribution is 2.20. The van der Waals surface area contributed by atoms with E-state index in [0.29, 0.717) is 6.54 Å². The number of rotatable bonds is 4. The molecule has 0 radical (unpaired) electrons. The molecule has 0 saturated carbocycles. The summed E-state index contributed by atoms with van der Waals surface area (Å²) in [5, 5.41) is 11.9. The van der Waals surface area contributed by atoms with E-state index in [9.17, 15) is 9.59 Å². The van der Waals surface area contributed by atoms with Gasteiger partial charge in [0.15, 0.2) is 0 Å². The first kappa shape index (κ1) is 17.7. The summed E-state index contributed by atoms with van der Waals surface area (Å²) in [7, 11) is 0. The number of aliphatic carboxylic acids is 1. The van der Waals surface area contributed by atoms with Crippen LogP contribution in [0.4, 0.5) is 0 Å². The minimum absolute atomic E-state index is 0.0877. The average Bonchev–Trinajstić information content (AvgIpc) is 2.40. The number of carbonyl (C=O) groups excluding carboxylic acids is 1. The van der Waals surface area contributed by atoms with Gasteiger partial charge in [-0.15, -0.1) is 0 Å². The largest absolute Gasteiger partial charge is 0.480 e. The number of ether oxygens (including phenoxy) is 2. The van der Waals surface area contributed by atoms with E-state index in [-0.39, 0.29) is 23.9 Å². The Kier molecular flexibility index (Phi) is 5.61. The van der Waals surface area contributed by atoms with Crippen LogP contribution in [-0.2, 0) is 19.1 Å². The minimum Gasteiger partial charge on any atom is -0.480 e. The van der Waals surface area contributed by atoms with E-state index in [0.717, 1.165) is 13.1 Å². The monoisotopic (exact) mass is 327 g/mol. The molecule has 1 fully saturated rings. The van der Waals surface area contributed by atoms with Crippen LogP contribution >= 0.6 is 0 Å². The van der Waals surface area contributed by atoms with E-state index in [1.807, 2.05) is 13.8 Å². The van der Waals surface area contributed by atoms with E-state index >= 15 is 0 Å². The summed E-state index contributed by atoms with van der Waals surface area (Å²) in [4.78, 5) is 24.8. The highest BCUT2D eigenvalue weighted by atomic mass is 16.5. The van der Waals surface area contributed by atoms with E-state index in [2.05, 4.69) is 10.2 Å². The molecule has 0 unspecified atom stereocenters. The van der Waals surface area contributed by atoms with Gasteiger partial charge in [-0.05, 0) is 19.9 Å². The third kappa shape index (κ3) is 4.66. The molecule has 0 aromatic heterocycles. The molecule has 0 aromatic rings. The van der Waals surface area contributed by atoms with Crippen molar-refractivity contribution in [1.82, 2.24) is 10.2 Å². The Balaban J connectivity index is 2.13. The topological polar surface area (TPSA) is 114 Å². The summed E-state index contributed by atoms with van der Waals surface area (Å²) < 4.78 is 11.3. The number of nitrogens with one attached hydrogen (secondary N) is 1. The molecule has 0 aliphatic carbocycles. The zero-order valence-electron chi connectivity index (χ0n) is 13.7. The van der Waals surface area contributed by atoms with Crippen LogP contribution in [0, 0.1) is 0 Å². The SMILES string of the molecule is CC(=O)N[C@H]1[C@H](CN2C[C@@H](C)O[C@@H](C)C2)OC(C(=O)O)=C[C@@H]1N. The third-order valence-electron chi connectivity index (χ3n) is 3.95. The molecular weight excluding hydrogens is 302 g/mol. The van der Waals surface area contributed by atoms with Crippen LogP contribution in [0.1, 0.15) is 20.8 Å². The maximum absolute atomic E-state index is 11.4. The van der Waals surface area contributed by atoms with Gasteiger partial charge >= 0.3 is 5.97 Å². The molecule has 2 aliphatic rings. The van der Waals surface area contributed by atoms with Gasteiger partial charge in [0.1, 0.15) is 6.10 Å². The Morgan fingerprint density at radius 2 is 2.00 bits per heavy atom. The maximum Gasteiger partial charge on any atom is 0.370 e. The molecule has 1 amide bonds. The summed E-state index contributed by atoms with van der Waals surface area (Å²) in [5.41, 5.74) is 6.03. The molecule has 2 aliphatic heterocycles. The van der Waals surface area contributed by atoms with Crippen molar-refractivity contribution in [1.29, 1.82) is 0 Å². The molecule has 0 aromatic carbocycles. The van der Waals surface area contributed by atoms with Crippen molar-refractivity contribution in [2.75, 3.05) is 19.6 Å². The van der Waals surface area contributed by atoms with Crippen molar-refractivity contribution in [2.24, 2.45) is 5.73 Å². The molecule has 0 bridgehead atoms. The predicted molar refractivity (Wildman–Crippen MR) is 82.6 cm³/mol. The van der Waals surface area contributed by atoms with Crippen LogP contribution in [0.5, 0.6) is 0 Å². The Morgan fingerprint density at radius 3 is 2.52 bits per heavy atom. The van der Waals surface area contributed by atoms with Gasteiger partial charge in [-0.2, -0.15) is 0 Å². The second kappa shape index (κ2) is 7.29. The van der Waals surface area contributed by atoms with Crippen LogP contribution in [0.15, 0.2) is 11.8 Å². The Morgan fingerprint density at radius 1 is 1.39 bits per heavy atom. The van der Waals surface area contributed by atoms with Gasteiger partial charge in [-0.1, -0.05) is 0 Å². The molecule has 1 saturated heterocycles. The van der Waals surface area contributed by atoms with E-state index in [1.54, 1.807) is 0 Å². The molecule has 4 N–H and O–H groups in total. The number of nitrogens with two attached hydrogens (primary N) is 1. The van der Waals surface area contributed by atoms with Crippen LogP contribution in [0.3, 0.4) is 0 Å². The smallest absolute Gasteiger partial charge is 0.370 e. The van der Waals surface area contributed by atoms with Crippen molar-refractivity contribution in [3.63, 3.8) is 0 Å². The lowest BCUT2D eigenvalue weighted by molar-refractivity contribution is -0.140. The van der Waals surface area contributed by atoms with Crippen molar-refractivity contribution in [3.05, 3.63) is 11.8 Å². The lowest BCUT2D eigenvalue weighted by atomic mass is 9.98. The standard InChI is InChI=1S/C15H25N3O5/c1-8-5-18(6-9(2)22-8)7-13-14(17-10(3)19)11(16)4-12(23-13)15(20)21/h4,8-9,11,13-14H,5-7,16H2,1-3H3,(H,17,19)(H,20,21)/t8-,9+,11-,13-,14+/m0/s1. The van der Waals surface area contributed by atoms with Crippen LogP contribution in [-0.4, -0.2) is 71.9 Å². The fourth-order valence-corrected chi connectivity index (χ4v) is 3.19. The number of amides is 1. The van der Waals surface area contributed by atoms with Gasteiger partial charge in [0, 0.05) is 26.6 Å². The molecular formula is C15H25N3O5. The predicted octanol–water partition coefficient (Wildman–Crippen LogP) is -0.705. The number of morpholine rings is 1. The number of carboxylic acid groups (broad SMARTS) is 1. The van der Waals surface area contributed by atoms with Crippen LogP contribution in [0.2, 0.25) is 0 Å². The quantitative estimate of drug-likeness (QED) is 0.625. The van der Waals surface area contributed by atoms with Gasteiger partial charge in [-0.3, -0.25) is 9.69 Å². The van der Waals surface area contributed by atoms with Crippen molar-refractivity contribution in [3.8, 4) is 0 Å². The second-order valence-corrected chi connectivity index (χ2v) is 6.27. The highest BCUT2D eigenvalue weighted by molar-refractivity contribution is 5.84. The lowest BCUT2D eigenvalue weighted by Crippen LogP contribution is -2.60. The first-order valence-electron chi connectivity index (χ1n) is 7.78. The van der Waals surface area contributed by atoms with E-state index in [4.69, 9.17) is 20.3 Å². The highest BCUT2D eigenvalue weighted by Gasteiger charge is 2.37. The Hall–Kier alpha value is -1.64. The van der Waals surface area contributed by atoms with Gasteiger partial charge in [0.2, 0.25) is 11.7 Å². The zero-order chi connectivity index (χ0) is 17.1. The number of hydrogen-bond acceptors (Lipinski definition) is 6. The summed E-state index contributed by atoms with van der Waals surface area (Å²) in [6.45, 7) is 7.30. The normalized spacial score (nSPS) is 35.1. The number of carbonyl (C=O) groups is 2. The fourth-order valence-electron chi connectivity index (χ4n) is 3.19. The average molecular weight is 327 g/mol. The molecule has 23 heavy (non-hydrogen) atoms. The summed E-state index contributed by atoms with van der Waals surface area (Å²) >= 11 is 0. The first-order chi connectivity index (χ1) is 10.8. The van der Waals surface area contributed by atoms with E-state index in [1.165, 1.54) is 13.0 Å². The second-order valence-electron chi connectivity index (χ2n) is 6.27. The van der Waals surface area contributed by atoms with Crippen LogP contribution < -0.4 is 11.1 Å². The molecule has 130 valence electrons. The van der Waals surface area contributed by atoms with Crippen LogP contribution in [0.25, 0.3) is 0 Å². The summed E-state index contributed by atoms with van der Waals surface area (Å²) in [5.74, 6) is -1.55. The Bertz CT molecular complexity index is 486. The zero-order valence-corrected chi connectivity index (χ0v) is 13.7. The third-order valence-corrected chi connectivity index (χ3v) is 3.95. The van der Waals surface area contributed by atoms with Gasteiger partial charge in [0.25, 0.3) is 0 Å². The minimum atomic E-state index is -1.16. The number of nitrogens with zero attached hydrogens (tertiary/aromatic N) is 1. The van der Waals surface area contributed by atoms with E-state index < -0.39 is 24.2 Å². The fraction of sp³-hybridized carbons (Fsp3) is 0.733. The molecule has 8 heteroatoms. The van der Waals surface area contributed by atoms with Gasteiger partial charge in [0.05, 0.1) is 24.3 Å². The lowest BCUT2D eigenvalue weighted by Gasteiger charge is -2.41. The Labute approximate surface area is 135 Å². The van der Waals surface area contributed by atoms with Crippen molar-refractivity contribution >= 4 is 11.9 Å². The van der Waals surface area contributed by atoms with Crippen molar-refractivity contribution in [2.45, 2.75) is 51.2 Å². The summed E-state index contributed by atoms with van der Waals surface area (Å²) in [6, 6.07) is -1.08. The molecule has 5 atom stereocenters. The van der Waals surface area contributed by atoms with Crippen molar-refractivity contribution < 1.29 is 24.2 Å². The summed E-state index contributed by atoms with van der Waals surface area (Å²) in [6.07, 6.45) is 0.987. The first-order valence-corrected chi connectivity index (χ1v) is 7.78. The number of carboxylic acids is 1. The molecule has 8 nitrogen and oxygen atoms in total. The van der Waals surface area contributed by atoms with Gasteiger partial charge in [-0.25, -0.2) is 4.79 Å². The molecule has 2 rings (SSSR count). The number of hydrogen-bond donors (Lipinski definition) is 3. The maximum atomic E-state index is 11.4.